The maximum absolute atomic E-state index is 11.0. The normalized spacial score (nSPS) is 11.0. The number of H-pyrrole nitrogens is 1. The van der Waals surface area contributed by atoms with Gasteiger partial charge in [-0.15, -0.1) is 0 Å². The average Bonchev–Trinajstić information content (AvgIpc) is 3.34. The second-order valence-corrected chi connectivity index (χ2v) is 6.30. The first-order valence-corrected chi connectivity index (χ1v) is 8.73. The summed E-state index contributed by atoms with van der Waals surface area (Å²) in [7, 11) is 1.65. The highest BCUT2D eigenvalue weighted by Crippen LogP contribution is 2.36. The van der Waals surface area contributed by atoms with E-state index in [-0.39, 0.29) is 5.56 Å². The van der Waals surface area contributed by atoms with Gasteiger partial charge in [-0.25, -0.2) is 4.79 Å². The molecule has 0 radical (unpaired) electrons. The number of carbonyl (C=O) groups is 1. The predicted octanol–water partition coefficient (Wildman–Crippen LogP) is 5.36. The lowest BCUT2D eigenvalue weighted by Gasteiger charge is -2.03. The van der Waals surface area contributed by atoms with E-state index in [1.54, 1.807) is 31.4 Å². The van der Waals surface area contributed by atoms with Crippen molar-refractivity contribution in [1.82, 2.24) is 4.98 Å². The Bertz CT molecular complexity index is 1080. The van der Waals surface area contributed by atoms with E-state index < -0.39 is 5.97 Å². The largest absolute Gasteiger partial charge is 0.496 e. The van der Waals surface area contributed by atoms with Crippen LogP contribution in [0.4, 0.5) is 0 Å². The molecular weight excluding hydrogens is 342 g/mol. The van der Waals surface area contributed by atoms with Crippen LogP contribution in [-0.2, 0) is 6.42 Å². The number of aryl methyl sites for hydroxylation is 1. The maximum atomic E-state index is 11.0. The number of benzene rings is 2. The molecule has 2 aromatic heterocycles. The minimum atomic E-state index is -0.934. The fraction of sp³-hybridized carbons (Fsp3) is 0.136. The second-order valence-electron chi connectivity index (χ2n) is 6.30. The van der Waals surface area contributed by atoms with Crippen LogP contribution in [0.15, 0.2) is 59.0 Å². The van der Waals surface area contributed by atoms with Crippen molar-refractivity contribution in [3.05, 3.63) is 65.7 Å². The summed E-state index contributed by atoms with van der Waals surface area (Å²) in [4.78, 5) is 14.3. The van der Waals surface area contributed by atoms with Crippen molar-refractivity contribution >= 4 is 16.9 Å². The fourth-order valence-corrected chi connectivity index (χ4v) is 3.24. The molecule has 0 unspecified atom stereocenters. The van der Waals surface area contributed by atoms with E-state index in [1.807, 2.05) is 30.3 Å². The Hall–Kier alpha value is -3.47. The molecule has 27 heavy (non-hydrogen) atoms. The van der Waals surface area contributed by atoms with Gasteiger partial charge >= 0.3 is 5.97 Å². The Labute approximate surface area is 156 Å². The molecule has 5 nitrogen and oxygen atoms in total. The molecule has 2 heterocycles. The molecule has 0 saturated carbocycles. The number of aromatic nitrogens is 1. The van der Waals surface area contributed by atoms with Crippen LogP contribution in [0.3, 0.4) is 0 Å². The van der Waals surface area contributed by atoms with Gasteiger partial charge in [0, 0.05) is 5.69 Å². The zero-order chi connectivity index (χ0) is 19.0. The summed E-state index contributed by atoms with van der Waals surface area (Å²) in [6, 6.07) is 16.6. The molecule has 136 valence electrons. The minimum Gasteiger partial charge on any atom is -0.496 e. The second kappa shape index (κ2) is 6.68. The van der Waals surface area contributed by atoms with E-state index in [4.69, 9.17) is 14.3 Å². The number of rotatable bonds is 5. The number of methoxy groups -OCH3 is 1. The monoisotopic (exact) mass is 361 g/mol. The molecule has 0 amide bonds. The molecule has 2 aromatic carbocycles. The maximum Gasteiger partial charge on any atom is 0.335 e. The Kier molecular flexibility index (Phi) is 4.20. The van der Waals surface area contributed by atoms with Crippen molar-refractivity contribution in [2.45, 2.75) is 13.3 Å². The van der Waals surface area contributed by atoms with E-state index in [1.165, 1.54) is 0 Å². The van der Waals surface area contributed by atoms with Gasteiger partial charge in [-0.1, -0.05) is 25.1 Å². The molecule has 0 aliphatic heterocycles. The lowest BCUT2D eigenvalue weighted by molar-refractivity contribution is 0.0697. The van der Waals surface area contributed by atoms with Crippen molar-refractivity contribution in [2.75, 3.05) is 7.11 Å². The number of aromatic amines is 1. The molecule has 0 fully saturated rings. The van der Waals surface area contributed by atoms with Crippen LogP contribution in [-0.4, -0.2) is 23.2 Å². The summed E-state index contributed by atoms with van der Waals surface area (Å²) < 4.78 is 11.6. The number of carboxylic acids is 1. The molecular formula is C22H19NO4. The molecule has 5 heteroatoms. The number of aromatic carboxylic acids is 1. The summed E-state index contributed by atoms with van der Waals surface area (Å²) in [5.74, 6) is 0.586. The lowest BCUT2D eigenvalue weighted by atomic mass is 10.1. The zero-order valence-corrected chi connectivity index (χ0v) is 15.1. The lowest BCUT2D eigenvalue weighted by Crippen LogP contribution is -1.94. The highest BCUT2D eigenvalue weighted by molar-refractivity contribution is 5.91. The van der Waals surface area contributed by atoms with Crippen LogP contribution in [0.5, 0.6) is 5.75 Å². The van der Waals surface area contributed by atoms with Crippen LogP contribution >= 0.6 is 0 Å². The first-order valence-electron chi connectivity index (χ1n) is 8.73. The Morgan fingerprint density at radius 2 is 1.81 bits per heavy atom. The first-order chi connectivity index (χ1) is 13.1. The van der Waals surface area contributed by atoms with Crippen molar-refractivity contribution in [3.8, 4) is 28.5 Å². The van der Waals surface area contributed by atoms with Gasteiger partial charge in [0.2, 0.25) is 0 Å². The molecule has 4 aromatic rings. The Morgan fingerprint density at radius 1 is 1.07 bits per heavy atom. The van der Waals surface area contributed by atoms with Crippen LogP contribution < -0.4 is 4.74 Å². The van der Waals surface area contributed by atoms with Gasteiger partial charge in [0.1, 0.15) is 11.3 Å². The van der Waals surface area contributed by atoms with Gasteiger partial charge in [-0.05, 0) is 53.9 Å². The summed E-state index contributed by atoms with van der Waals surface area (Å²) in [6.45, 7) is 2.09. The van der Waals surface area contributed by atoms with Crippen molar-refractivity contribution < 1.29 is 19.1 Å². The number of furan rings is 1. The third-order valence-corrected chi connectivity index (χ3v) is 4.72. The van der Waals surface area contributed by atoms with Crippen molar-refractivity contribution in [2.24, 2.45) is 0 Å². The van der Waals surface area contributed by atoms with Gasteiger partial charge in [0.25, 0.3) is 0 Å². The van der Waals surface area contributed by atoms with E-state index in [2.05, 4.69) is 11.9 Å². The summed E-state index contributed by atoms with van der Waals surface area (Å²) in [5.41, 5.74) is 4.90. The molecule has 0 aliphatic carbocycles. The summed E-state index contributed by atoms with van der Waals surface area (Å²) in [5, 5.41) is 9.98. The summed E-state index contributed by atoms with van der Waals surface area (Å²) in [6.07, 6.45) is 0.874. The molecule has 0 bridgehead atoms. The third kappa shape index (κ3) is 2.97. The van der Waals surface area contributed by atoms with Gasteiger partial charge < -0.3 is 19.2 Å². The molecule has 0 saturated heterocycles. The van der Waals surface area contributed by atoms with Crippen LogP contribution in [0.2, 0.25) is 0 Å². The van der Waals surface area contributed by atoms with E-state index in [0.29, 0.717) is 0 Å². The van der Waals surface area contributed by atoms with Crippen molar-refractivity contribution in [1.29, 1.82) is 0 Å². The average molecular weight is 361 g/mol. The SMILES string of the molecule is CCc1ccc(OC)c2cc(-c3ccc(-c4ccc(C(=O)O)cc4)[nH]3)oc12. The minimum absolute atomic E-state index is 0.266. The molecule has 0 aliphatic rings. The molecule has 4 rings (SSSR count). The Balaban J connectivity index is 1.73. The number of ether oxygens (including phenoxy) is 1. The Morgan fingerprint density at radius 3 is 2.48 bits per heavy atom. The van der Waals surface area contributed by atoms with Crippen molar-refractivity contribution in [3.63, 3.8) is 0 Å². The first kappa shape index (κ1) is 17.0. The number of carboxylic acid groups (broad SMARTS) is 1. The zero-order valence-electron chi connectivity index (χ0n) is 15.1. The van der Waals surface area contributed by atoms with Gasteiger partial charge in [-0.3, -0.25) is 0 Å². The van der Waals surface area contributed by atoms with E-state index >= 15 is 0 Å². The number of fused-ring (bicyclic) bond motifs is 1. The standard InChI is InChI=1S/C22H19NO4/c1-3-13-8-11-19(26-2)16-12-20(27-21(13)16)18-10-9-17(23-18)14-4-6-15(7-5-14)22(24)25/h4-12,23H,3H2,1-2H3,(H,24,25). The quantitative estimate of drug-likeness (QED) is 0.501. The molecule has 0 atom stereocenters. The van der Waals surface area contributed by atoms with Gasteiger partial charge in [-0.2, -0.15) is 0 Å². The van der Waals surface area contributed by atoms with Crippen LogP contribution in [0, 0.1) is 0 Å². The molecule has 0 spiro atoms. The molecule has 2 N–H and O–H groups in total. The number of hydrogen-bond acceptors (Lipinski definition) is 3. The topological polar surface area (TPSA) is 75.5 Å². The fourth-order valence-electron chi connectivity index (χ4n) is 3.24. The van der Waals surface area contributed by atoms with E-state index in [9.17, 15) is 4.79 Å². The predicted molar refractivity (Wildman–Crippen MR) is 104 cm³/mol. The number of hydrogen-bond donors (Lipinski definition) is 2. The van der Waals surface area contributed by atoms with Gasteiger partial charge in [0.15, 0.2) is 5.76 Å². The highest BCUT2D eigenvalue weighted by Gasteiger charge is 2.15. The summed E-state index contributed by atoms with van der Waals surface area (Å²) >= 11 is 0. The highest BCUT2D eigenvalue weighted by atomic mass is 16.5. The number of nitrogens with one attached hydrogen (secondary N) is 1. The van der Waals surface area contributed by atoms with Crippen LogP contribution in [0.1, 0.15) is 22.8 Å². The third-order valence-electron chi connectivity index (χ3n) is 4.72. The van der Waals surface area contributed by atoms with Crippen LogP contribution in [0.25, 0.3) is 33.7 Å². The van der Waals surface area contributed by atoms with E-state index in [0.717, 1.165) is 51.4 Å². The van der Waals surface area contributed by atoms with Gasteiger partial charge in [0.05, 0.1) is 23.8 Å². The smallest absolute Gasteiger partial charge is 0.335 e.